The Labute approximate surface area is 216 Å². The fourth-order valence-electron chi connectivity index (χ4n) is 4.05. The van der Waals surface area contributed by atoms with Crippen LogP contribution in [-0.2, 0) is 32.0 Å². The van der Waals surface area contributed by atoms with Crippen LogP contribution in [0.15, 0.2) is 21.5 Å². The Morgan fingerprint density at radius 3 is 2.32 bits per heavy atom. The first-order valence-electron chi connectivity index (χ1n) is 12.1. The maximum absolute atomic E-state index is 13.9. The van der Waals surface area contributed by atoms with Crippen molar-refractivity contribution in [3.05, 3.63) is 39.4 Å². The second-order valence-corrected chi connectivity index (χ2v) is 9.37. The second-order valence-electron chi connectivity index (χ2n) is 9.37. The molecule has 0 radical (unpaired) electrons. The molecule has 0 unspecified atom stereocenters. The molecule has 0 amide bonds. The summed E-state index contributed by atoms with van der Waals surface area (Å²) in [5, 5.41) is 4.01. The maximum Gasteiger partial charge on any atom is 0.282 e. The molecule has 12 nitrogen and oxygen atoms in total. The predicted octanol–water partition coefficient (Wildman–Crippen LogP) is 1.70. The van der Waals surface area contributed by atoms with E-state index in [0.717, 1.165) is 11.1 Å². The van der Waals surface area contributed by atoms with Crippen molar-refractivity contribution < 1.29 is 23.5 Å². The number of nitrogens with zero attached hydrogens (tertiary/aromatic N) is 5. The van der Waals surface area contributed by atoms with Gasteiger partial charge in [0.05, 0.1) is 36.3 Å². The summed E-state index contributed by atoms with van der Waals surface area (Å²) < 4.78 is 29.1. The predicted molar refractivity (Wildman–Crippen MR) is 138 cm³/mol. The molecule has 12 heteroatoms. The molecule has 1 aromatic carbocycles. The first kappa shape index (κ1) is 28.8. The number of methoxy groups -OCH3 is 2. The third-order valence-corrected chi connectivity index (χ3v) is 6.26. The third-order valence-electron chi connectivity index (χ3n) is 6.26. The molecule has 204 valence electrons. The summed E-state index contributed by atoms with van der Waals surface area (Å²) in [6.45, 7) is 7.01. The van der Waals surface area contributed by atoms with Gasteiger partial charge in [0.1, 0.15) is 13.6 Å². The summed E-state index contributed by atoms with van der Waals surface area (Å²) in [7, 11) is 6.89. The number of ether oxygens (including phenoxy) is 4. The van der Waals surface area contributed by atoms with Crippen molar-refractivity contribution >= 4 is 11.0 Å². The highest BCUT2D eigenvalue weighted by atomic mass is 16.7. The topological polar surface area (TPSA) is 140 Å². The molecule has 3 aromatic rings. The molecule has 0 aliphatic rings. The van der Waals surface area contributed by atoms with E-state index in [0.29, 0.717) is 23.4 Å². The van der Waals surface area contributed by atoms with Gasteiger partial charge in [0.15, 0.2) is 11.5 Å². The largest absolute Gasteiger partial charge is 0.359 e. The molecule has 3 rings (SSSR count). The summed E-state index contributed by atoms with van der Waals surface area (Å²) >= 11 is 0. The van der Waals surface area contributed by atoms with Crippen LogP contribution in [0, 0.1) is 19.8 Å². The van der Waals surface area contributed by atoms with Crippen LogP contribution in [0.3, 0.4) is 0 Å². The third kappa shape index (κ3) is 6.98. The van der Waals surface area contributed by atoms with Gasteiger partial charge in [-0.15, -0.1) is 0 Å². The molecule has 2 aromatic heterocycles. The zero-order valence-electron chi connectivity index (χ0n) is 22.7. The zero-order chi connectivity index (χ0) is 27.1. The Morgan fingerprint density at radius 2 is 1.70 bits per heavy atom. The van der Waals surface area contributed by atoms with Gasteiger partial charge >= 0.3 is 0 Å². The Balaban J connectivity index is 2.12. The van der Waals surface area contributed by atoms with Gasteiger partial charge in [-0.05, 0) is 51.2 Å². The molecule has 37 heavy (non-hydrogen) atoms. The lowest BCUT2D eigenvalue weighted by molar-refractivity contribution is -0.140. The number of hydrogen-bond acceptors (Lipinski definition) is 11. The van der Waals surface area contributed by atoms with Crippen molar-refractivity contribution in [2.75, 3.05) is 48.4 Å². The van der Waals surface area contributed by atoms with Crippen LogP contribution in [0.25, 0.3) is 22.6 Å². The Kier molecular flexibility index (Phi) is 10.3. The molecular formula is C25H38N6O6. The monoisotopic (exact) mass is 518 g/mol. The maximum atomic E-state index is 13.9. The van der Waals surface area contributed by atoms with Crippen LogP contribution in [-0.4, -0.2) is 85.2 Å². The lowest BCUT2D eigenvalue weighted by Crippen LogP contribution is -2.42. The molecule has 2 N–H and O–H groups in total. The van der Waals surface area contributed by atoms with E-state index in [1.807, 2.05) is 51.9 Å². The minimum atomic E-state index is -0.477. The van der Waals surface area contributed by atoms with Crippen LogP contribution < -0.4 is 11.3 Å². The Morgan fingerprint density at radius 1 is 1.05 bits per heavy atom. The molecule has 0 aliphatic heterocycles. The average molecular weight is 519 g/mol. The SMILES string of the molecule is COCO[C@@H](Cn1c(=O)c(-c2nc(CN(C)C)no2)nc2cc(C)c(C)cc21)[C@H](C)[C@@H](CN)OCOC. The minimum absolute atomic E-state index is 0.0386. The van der Waals surface area contributed by atoms with Gasteiger partial charge in [-0.3, -0.25) is 4.79 Å². The number of aromatic nitrogens is 4. The normalized spacial score (nSPS) is 14.4. The molecular weight excluding hydrogens is 480 g/mol. The highest BCUT2D eigenvalue weighted by molar-refractivity contribution is 5.78. The number of rotatable bonds is 14. The van der Waals surface area contributed by atoms with Gasteiger partial charge in [0.25, 0.3) is 11.4 Å². The Bertz CT molecular complexity index is 1230. The van der Waals surface area contributed by atoms with E-state index in [9.17, 15) is 4.79 Å². The van der Waals surface area contributed by atoms with Gasteiger partial charge in [-0.25, -0.2) is 4.98 Å². The lowest BCUT2D eigenvalue weighted by atomic mass is 9.97. The quantitative estimate of drug-likeness (QED) is 0.312. The highest BCUT2D eigenvalue weighted by Crippen LogP contribution is 2.23. The molecule has 0 saturated carbocycles. The van der Waals surface area contributed by atoms with E-state index in [-0.39, 0.29) is 55.8 Å². The van der Waals surface area contributed by atoms with Gasteiger partial charge in [-0.2, -0.15) is 4.98 Å². The van der Waals surface area contributed by atoms with E-state index in [1.165, 1.54) is 0 Å². The van der Waals surface area contributed by atoms with E-state index in [1.54, 1.807) is 18.8 Å². The van der Waals surface area contributed by atoms with Crippen LogP contribution in [0.4, 0.5) is 0 Å². The van der Waals surface area contributed by atoms with Crippen molar-refractivity contribution in [3.63, 3.8) is 0 Å². The Hall–Kier alpha value is -2.74. The average Bonchev–Trinajstić information content (AvgIpc) is 3.31. The number of hydrogen-bond donors (Lipinski definition) is 1. The summed E-state index contributed by atoms with van der Waals surface area (Å²) in [5.41, 5.74) is 9.09. The van der Waals surface area contributed by atoms with E-state index in [4.69, 9.17) is 29.2 Å². The highest BCUT2D eigenvalue weighted by Gasteiger charge is 2.29. The fraction of sp³-hybridized carbons (Fsp3) is 0.600. The van der Waals surface area contributed by atoms with Crippen molar-refractivity contribution in [1.29, 1.82) is 0 Å². The molecule has 0 fully saturated rings. The smallest absolute Gasteiger partial charge is 0.282 e. The van der Waals surface area contributed by atoms with Crippen molar-refractivity contribution in [2.45, 2.75) is 46.1 Å². The van der Waals surface area contributed by atoms with Gasteiger partial charge in [0, 0.05) is 26.7 Å². The summed E-state index contributed by atoms with van der Waals surface area (Å²) in [6.07, 6.45) is -0.839. The second kappa shape index (κ2) is 13.2. The van der Waals surface area contributed by atoms with Crippen molar-refractivity contribution in [2.24, 2.45) is 11.7 Å². The number of aryl methyl sites for hydroxylation is 2. The molecule has 0 saturated heterocycles. The van der Waals surface area contributed by atoms with E-state index >= 15 is 0 Å². The van der Waals surface area contributed by atoms with Crippen molar-refractivity contribution in [1.82, 2.24) is 24.6 Å². The van der Waals surface area contributed by atoms with Crippen LogP contribution in [0.5, 0.6) is 0 Å². The van der Waals surface area contributed by atoms with Crippen LogP contribution in [0.1, 0.15) is 23.9 Å². The van der Waals surface area contributed by atoms with Gasteiger partial charge in [-0.1, -0.05) is 12.1 Å². The van der Waals surface area contributed by atoms with Gasteiger partial charge < -0.3 is 38.7 Å². The molecule has 2 heterocycles. The summed E-state index contributed by atoms with van der Waals surface area (Å²) in [5.74, 6) is 0.334. The number of fused-ring (bicyclic) bond motifs is 1. The standard InChI is InChI=1S/C25H38N6O6/c1-15-8-18-19(9-16(15)2)31(11-21(36-14-34-7)17(3)20(10-26)35-13-33-6)25(32)23(27-18)24-28-22(29-37-24)12-30(4)5/h8-9,17,20-21H,10-14,26H2,1-7H3/t17-,20-,21+/m1/s1. The fourth-order valence-corrected chi connectivity index (χ4v) is 4.05. The summed E-state index contributed by atoms with van der Waals surface area (Å²) in [6, 6.07) is 3.90. The first-order chi connectivity index (χ1) is 17.7. The molecule has 3 atom stereocenters. The van der Waals surface area contributed by atoms with Crippen LogP contribution >= 0.6 is 0 Å². The van der Waals surface area contributed by atoms with E-state index in [2.05, 4.69) is 15.1 Å². The van der Waals surface area contributed by atoms with Crippen LogP contribution in [0.2, 0.25) is 0 Å². The van der Waals surface area contributed by atoms with E-state index < -0.39 is 6.10 Å². The number of nitrogens with two attached hydrogens (primary N) is 1. The molecule has 0 spiro atoms. The molecule has 0 aliphatic carbocycles. The zero-order valence-corrected chi connectivity index (χ0v) is 22.7. The summed E-state index contributed by atoms with van der Waals surface area (Å²) in [4.78, 5) is 24.8. The minimum Gasteiger partial charge on any atom is -0.359 e. The first-order valence-corrected chi connectivity index (χ1v) is 12.1. The van der Waals surface area contributed by atoms with Crippen molar-refractivity contribution in [3.8, 4) is 11.6 Å². The van der Waals surface area contributed by atoms with Gasteiger partial charge in [0.2, 0.25) is 0 Å². The number of benzene rings is 1. The lowest BCUT2D eigenvalue weighted by Gasteiger charge is -2.31. The molecule has 0 bridgehead atoms.